The molecule has 3 heteroatoms. The van der Waals surface area contributed by atoms with Gasteiger partial charge in [0.1, 0.15) is 0 Å². The summed E-state index contributed by atoms with van der Waals surface area (Å²) in [4.78, 5) is 2.41. The highest BCUT2D eigenvalue weighted by molar-refractivity contribution is 5.14. The van der Waals surface area contributed by atoms with Crippen molar-refractivity contribution in [2.24, 2.45) is 11.8 Å². The molecule has 3 atom stereocenters. The molecule has 0 bridgehead atoms. The predicted molar refractivity (Wildman–Crippen MR) is 83.8 cm³/mol. The van der Waals surface area contributed by atoms with Gasteiger partial charge in [-0.15, -0.1) is 0 Å². The number of hydrogen-bond acceptors (Lipinski definition) is 3. The van der Waals surface area contributed by atoms with Crippen molar-refractivity contribution in [3.63, 3.8) is 0 Å². The maximum absolute atomic E-state index is 9.49. The van der Waals surface area contributed by atoms with Gasteiger partial charge in [0.15, 0.2) is 0 Å². The SMILES string of the molecule is CC[C@@H]1CN[C@H](CO)[C@@H]1CN(C)CCc1ccccc1. The summed E-state index contributed by atoms with van der Waals surface area (Å²) in [5.74, 6) is 1.28. The highest BCUT2D eigenvalue weighted by atomic mass is 16.3. The van der Waals surface area contributed by atoms with E-state index in [1.54, 1.807) is 0 Å². The van der Waals surface area contributed by atoms with Crippen LogP contribution in [-0.2, 0) is 6.42 Å². The largest absolute Gasteiger partial charge is 0.395 e. The zero-order chi connectivity index (χ0) is 14.4. The van der Waals surface area contributed by atoms with Crippen LogP contribution in [-0.4, -0.2) is 49.3 Å². The molecule has 0 radical (unpaired) electrons. The van der Waals surface area contributed by atoms with Gasteiger partial charge in [0.25, 0.3) is 0 Å². The summed E-state index contributed by atoms with van der Waals surface area (Å²) in [6, 6.07) is 10.9. The van der Waals surface area contributed by atoms with Crippen molar-refractivity contribution < 1.29 is 5.11 Å². The van der Waals surface area contributed by atoms with Crippen molar-refractivity contribution in [1.29, 1.82) is 0 Å². The Kier molecular flexibility index (Phi) is 6.02. The van der Waals surface area contributed by atoms with Gasteiger partial charge in [-0.05, 0) is 37.4 Å². The fraction of sp³-hybridized carbons (Fsp3) is 0.647. The summed E-state index contributed by atoms with van der Waals surface area (Å²) in [6.45, 7) is 5.72. The minimum absolute atomic E-state index is 0.258. The Balaban J connectivity index is 1.82. The third-order valence-corrected chi connectivity index (χ3v) is 4.63. The number of nitrogens with zero attached hydrogens (tertiary/aromatic N) is 1. The molecule has 0 amide bonds. The number of likely N-dealkylation sites (N-methyl/N-ethyl adjacent to an activating group) is 1. The van der Waals surface area contributed by atoms with Gasteiger partial charge in [-0.3, -0.25) is 0 Å². The van der Waals surface area contributed by atoms with E-state index in [1.165, 1.54) is 12.0 Å². The second-order valence-electron chi connectivity index (χ2n) is 6.03. The molecule has 0 spiro atoms. The summed E-state index contributed by atoms with van der Waals surface area (Å²) in [6.07, 6.45) is 2.29. The molecule has 1 aliphatic heterocycles. The van der Waals surface area contributed by atoms with Crippen LogP contribution in [0.4, 0.5) is 0 Å². The van der Waals surface area contributed by atoms with Gasteiger partial charge in [0.05, 0.1) is 6.61 Å². The fourth-order valence-corrected chi connectivity index (χ4v) is 3.27. The van der Waals surface area contributed by atoms with Gasteiger partial charge >= 0.3 is 0 Å². The topological polar surface area (TPSA) is 35.5 Å². The van der Waals surface area contributed by atoms with Crippen LogP contribution >= 0.6 is 0 Å². The van der Waals surface area contributed by atoms with Crippen LogP contribution in [0, 0.1) is 11.8 Å². The Labute approximate surface area is 123 Å². The fourth-order valence-electron chi connectivity index (χ4n) is 3.27. The summed E-state index contributed by atoms with van der Waals surface area (Å²) in [7, 11) is 2.20. The maximum atomic E-state index is 9.49. The van der Waals surface area contributed by atoms with E-state index in [1.807, 2.05) is 0 Å². The van der Waals surface area contributed by atoms with Crippen LogP contribution < -0.4 is 5.32 Å². The van der Waals surface area contributed by atoms with Crippen LogP contribution in [0.25, 0.3) is 0 Å². The van der Waals surface area contributed by atoms with Crippen molar-refractivity contribution in [2.75, 3.05) is 33.3 Å². The van der Waals surface area contributed by atoms with Gasteiger partial charge in [0, 0.05) is 19.1 Å². The number of aliphatic hydroxyl groups excluding tert-OH is 1. The smallest absolute Gasteiger partial charge is 0.0587 e. The molecule has 0 aromatic heterocycles. The first kappa shape index (κ1) is 15.5. The average Bonchev–Trinajstić information content (AvgIpc) is 2.88. The van der Waals surface area contributed by atoms with Gasteiger partial charge < -0.3 is 15.3 Å². The van der Waals surface area contributed by atoms with E-state index in [-0.39, 0.29) is 12.6 Å². The molecule has 2 N–H and O–H groups in total. The van der Waals surface area contributed by atoms with E-state index in [0.29, 0.717) is 11.8 Å². The van der Waals surface area contributed by atoms with Crippen LogP contribution in [0.5, 0.6) is 0 Å². The molecule has 3 nitrogen and oxygen atoms in total. The molecule has 1 fully saturated rings. The van der Waals surface area contributed by atoms with Crippen molar-refractivity contribution in [3.8, 4) is 0 Å². The Morgan fingerprint density at radius 3 is 2.70 bits per heavy atom. The van der Waals surface area contributed by atoms with Crippen LogP contribution in [0.1, 0.15) is 18.9 Å². The average molecular weight is 276 g/mol. The van der Waals surface area contributed by atoms with Gasteiger partial charge in [-0.25, -0.2) is 0 Å². The summed E-state index contributed by atoms with van der Waals surface area (Å²) in [5.41, 5.74) is 1.40. The molecule has 1 aromatic carbocycles. The van der Waals surface area contributed by atoms with Gasteiger partial charge in [0.2, 0.25) is 0 Å². The van der Waals surface area contributed by atoms with E-state index in [4.69, 9.17) is 0 Å². The molecule has 0 aliphatic carbocycles. The zero-order valence-corrected chi connectivity index (χ0v) is 12.8. The number of nitrogens with one attached hydrogen (secondary N) is 1. The van der Waals surface area contributed by atoms with E-state index >= 15 is 0 Å². The second-order valence-corrected chi connectivity index (χ2v) is 6.03. The Morgan fingerprint density at radius 2 is 2.05 bits per heavy atom. The van der Waals surface area contributed by atoms with E-state index in [0.717, 1.165) is 26.1 Å². The normalized spacial score (nSPS) is 26.3. The van der Waals surface area contributed by atoms with Crippen molar-refractivity contribution >= 4 is 0 Å². The quantitative estimate of drug-likeness (QED) is 0.797. The van der Waals surface area contributed by atoms with Crippen molar-refractivity contribution in [2.45, 2.75) is 25.8 Å². The minimum atomic E-state index is 0.258. The second kappa shape index (κ2) is 7.77. The first-order chi connectivity index (χ1) is 9.74. The molecular weight excluding hydrogens is 248 g/mol. The summed E-state index contributed by atoms with van der Waals surface area (Å²) in [5, 5.41) is 12.9. The highest BCUT2D eigenvalue weighted by Gasteiger charge is 2.34. The number of hydrogen-bond donors (Lipinski definition) is 2. The lowest BCUT2D eigenvalue weighted by molar-refractivity contribution is 0.175. The molecule has 20 heavy (non-hydrogen) atoms. The molecule has 1 aromatic rings. The first-order valence-electron chi connectivity index (χ1n) is 7.81. The lowest BCUT2D eigenvalue weighted by atomic mass is 9.88. The summed E-state index contributed by atoms with van der Waals surface area (Å²) >= 11 is 0. The Morgan fingerprint density at radius 1 is 1.30 bits per heavy atom. The lowest BCUT2D eigenvalue weighted by Gasteiger charge is -2.27. The van der Waals surface area contributed by atoms with Crippen LogP contribution in [0.2, 0.25) is 0 Å². The molecule has 1 saturated heterocycles. The minimum Gasteiger partial charge on any atom is -0.395 e. The van der Waals surface area contributed by atoms with Crippen molar-refractivity contribution in [3.05, 3.63) is 35.9 Å². The van der Waals surface area contributed by atoms with Gasteiger partial charge in [-0.1, -0.05) is 43.7 Å². The lowest BCUT2D eigenvalue weighted by Crippen LogP contribution is -2.38. The first-order valence-corrected chi connectivity index (χ1v) is 7.81. The van der Waals surface area contributed by atoms with Gasteiger partial charge in [-0.2, -0.15) is 0 Å². The molecular formula is C17H28N2O. The van der Waals surface area contributed by atoms with E-state index in [2.05, 4.69) is 54.5 Å². The van der Waals surface area contributed by atoms with Crippen molar-refractivity contribution in [1.82, 2.24) is 10.2 Å². The molecule has 2 rings (SSSR count). The molecule has 1 heterocycles. The summed E-state index contributed by atoms with van der Waals surface area (Å²) < 4.78 is 0. The molecule has 112 valence electrons. The zero-order valence-electron chi connectivity index (χ0n) is 12.8. The monoisotopic (exact) mass is 276 g/mol. The third kappa shape index (κ3) is 4.05. The van der Waals surface area contributed by atoms with E-state index in [9.17, 15) is 5.11 Å². The molecule has 0 unspecified atom stereocenters. The highest BCUT2D eigenvalue weighted by Crippen LogP contribution is 2.25. The maximum Gasteiger partial charge on any atom is 0.0587 e. The van der Waals surface area contributed by atoms with E-state index < -0.39 is 0 Å². The standard InChI is InChI=1S/C17H28N2O/c1-3-15-11-18-17(13-20)16(15)12-19(2)10-9-14-7-5-4-6-8-14/h4-8,15-18,20H,3,9-13H2,1-2H3/t15-,16-,17-/m1/s1. The Hall–Kier alpha value is -0.900. The third-order valence-electron chi connectivity index (χ3n) is 4.63. The number of rotatable bonds is 7. The number of aliphatic hydroxyl groups is 1. The van der Waals surface area contributed by atoms with Crippen LogP contribution in [0.3, 0.4) is 0 Å². The molecule has 1 aliphatic rings. The number of benzene rings is 1. The predicted octanol–water partition coefficient (Wildman–Crippen LogP) is 1.77. The Bertz CT molecular complexity index is 370. The molecule has 0 saturated carbocycles. The van der Waals surface area contributed by atoms with Crippen LogP contribution in [0.15, 0.2) is 30.3 Å².